The molecule has 0 radical (unpaired) electrons. The number of Topliss-reactive ketones (excluding diaryl/α,β-unsaturated/α-hetero) is 1. The molecule has 0 aromatic carbocycles. The van der Waals surface area contributed by atoms with E-state index in [1.807, 2.05) is 0 Å². The Morgan fingerprint density at radius 1 is 1.14 bits per heavy atom. The van der Waals surface area contributed by atoms with E-state index < -0.39 is 17.9 Å². The number of ketones is 1. The number of carbonyl (C=O) groups excluding carboxylic acids is 1. The molecule has 0 aromatic rings. The molecule has 2 aliphatic carbocycles. The molecule has 0 saturated heterocycles. The fourth-order valence-corrected chi connectivity index (χ4v) is 2.30. The van der Waals surface area contributed by atoms with E-state index in [-0.39, 0.29) is 6.42 Å². The van der Waals surface area contributed by atoms with Gasteiger partial charge in [0, 0.05) is 0 Å². The monoisotopic (exact) mass is 204 g/mol. The SMILES string of the molecule is O=C1C2=C(CCCC2)CC1C(F)(F)F. The Hall–Kier alpha value is -0.800. The second kappa shape index (κ2) is 3.11. The summed E-state index contributed by atoms with van der Waals surface area (Å²) in [5, 5.41) is 0. The summed E-state index contributed by atoms with van der Waals surface area (Å²) in [5.74, 6) is -2.39. The van der Waals surface area contributed by atoms with Crippen LogP contribution in [0.4, 0.5) is 13.2 Å². The molecule has 78 valence electrons. The van der Waals surface area contributed by atoms with Gasteiger partial charge in [-0.05, 0) is 37.7 Å². The Morgan fingerprint density at radius 3 is 2.36 bits per heavy atom. The van der Waals surface area contributed by atoms with Gasteiger partial charge in [-0.3, -0.25) is 4.79 Å². The Balaban J connectivity index is 2.22. The molecule has 1 unspecified atom stereocenters. The minimum atomic E-state index is -4.35. The summed E-state index contributed by atoms with van der Waals surface area (Å²) in [5.41, 5.74) is 1.25. The van der Waals surface area contributed by atoms with Crippen molar-refractivity contribution >= 4 is 5.78 Å². The summed E-state index contributed by atoms with van der Waals surface area (Å²) in [7, 11) is 0. The molecule has 2 rings (SSSR count). The predicted octanol–water partition coefficient (Wildman–Crippen LogP) is 3.01. The van der Waals surface area contributed by atoms with Gasteiger partial charge in [-0.25, -0.2) is 0 Å². The Morgan fingerprint density at radius 2 is 1.79 bits per heavy atom. The van der Waals surface area contributed by atoms with Crippen LogP contribution in [0.15, 0.2) is 11.1 Å². The Labute approximate surface area is 80.0 Å². The topological polar surface area (TPSA) is 17.1 Å². The van der Waals surface area contributed by atoms with Crippen LogP contribution in [0.5, 0.6) is 0 Å². The van der Waals surface area contributed by atoms with Crippen LogP contribution in [-0.4, -0.2) is 12.0 Å². The summed E-state index contributed by atoms with van der Waals surface area (Å²) < 4.78 is 37.2. The molecule has 0 aliphatic heterocycles. The van der Waals surface area contributed by atoms with Crippen LogP contribution in [0.25, 0.3) is 0 Å². The van der Waals surface area contributed by atoms with Crippen molar-refractivity contribution in [3.63, 3.8) is 0 Å². The van der Waals surface area contributed by atoms with E-state index in [0.29, 0.717) is 18.4 Å². The lowest BCUT2D eigenvalue weighted by molar-refractivity contribution is -0.176. The first kappa shape index (κ1) is 9.74. The highest BCUT2D eigenvalue weighted by atomic mass is 19.4. The van der Waals surface area contributed by atoms with Crippen molar-refractivity contribution in [3.05, 3.63) is 11.1 Å². The number of carbonyl (C=O) groups is 1. The van der Waals surface area contributed by atoms with Gasteiger partial charge in [-0.1, -0.05) is 5.57 Å². The van der Waals surface area contributed by atoms with Crippen molar-refractivity contribution in [1.82, 2.24) is 0 Å². The fraction of sp³-hybridized carbons (Fsp3) is 0.700. The zero-order chi connectivity index (χ0) is 10.3. The number of halogens is 3. The second-order valence-corrected chi connectivity index (χ2v) is 3.95. The minimum absolute atomic E-state index is 0.0718. The maximum Gasteiger partial charge on any atom is 0.399 e. The van der Waals surface area contributed by atoms with E-state index in [1.54, 1.807) is 0 Å². The highest BCUT2D eigenvalue weighted by molar-refractivity contribution is 6.01. The van der Waals surface area contributed by atoms with Crippen LogP contribution >= 0.6 is 0 Å². The molecule has 0 N–H and O–H groups in total. The van der Waals surface area contributed by atoms with Gasteiger partial charge >= 0.3 is 6.18 Å². The molecular weight excluding hydrogens is 193 g/mol. The molecule has 0 amide bonds. The van der Waals surface area contributed by atoms with Crippen LogP contribution in [-0.2, 0) is 4.79 Å². The fourth-order valence-electron chi connectivity index (χ4n) is 2.30. The molecule has 0 fully saturated rings. The van der Waals surface area contributed by atoms with Crippen molar-refractivity contribution in [2.45, 2.75) is 38.3 Å². The van der Waals surface area contributed by atoms with E-state index in [4.69, 9.17) is 0 Å². The molecule has 1 atom stereocenters. The van der Waals surface area contributed by atoms with Crippen LogP contribution in [0.3, 0.4) is 0 Å². The summed E-state index contributed by atoms with van der Waals surface area (Å²) in [6, 6.07) is 0. The molecule has 1 nitrogen and oxygen atoms in total. The molecule has 0 spiro atoms. The molecule has 2 aliphatic rings. The zero-order valence-corrected chi connectivity index (χ0v) is 7.66. The van der Waals surface area contributed by atoms with E-state index in [0.717, 1.165) is 18.4 Å². The van der Waals surface area contributed by atoms with Crippen LogP contribution in [0, 0.1) is 5.92 Å². The Kier molecular flexibility index (Phi) is 2.16. The lowest BCUT2D eigenvalue weighted by Crippen LogP contribution is -2.27. The van der Waals surface area contributed by atoms with E-state index in [9.17, 15) is 18.0 Å². The summed E-state index contributed by atoms with van der Waals surface area (Å²) in [6.07, 6.45) is -1.40. The van der Waals surface area contributed by atoms with Crippen LogP contribution in [0.1, 0.15) is 32.1 Å². The molecule has 0 heterocycles. The first-order valence-electron chi connectivity index (χ1n) is 4.82. The van der Waals surface area contributed by atoms with Crippen molar-refractivity contribution in [2.24, 2.45) is 5.92 Å². The van der Waals surface area contributed by atoms with Gasteiger partial charge in [0.1, 0.15) is 5.92 Å². The van der Waals surface area contributed by atoms with Gasteiger partial charge < -0.3 is 0 Å². The highest BCUT2D eigenvalue weighted by Crippen LogP contribution is 2.44. The van der Waals surface area contributed by atoms with Crippen molar-refractivity contribution in [2.75, 3.05) is 0 Å². The maximum absolute atomic E-state index is 12.4. The average Bonchev–Trinajstić information content (AvgIpc) is 2.44. The lowest BCUT2D eigenvalue weighted by Gasteiger charge is -2.12. The van der Waals surface area contributed by atoms with Gasteiger partial charge in [-0.2, -0.15) is 13.2 Å². The largest absolute Gasteiger partial charge is 0.399 e. The normalized spacial score (nSPS) is 28.2. The molecule has 14 heavy (non-hydrogen) atoms. The Bertz CT molecular complexity index is 301. The lowest BCUT2D eigenvalue weighted by atomic mass is 9.94. The molecule has 4 heteroatoms. The van der Waals surface area contributed by atoms with Gasteiger partial charge in [0.25, 0.3) is 0 Å². The first-order chi connectivity index (χ1) is 6.50. The third-order valence-electron chi connectivity index (χ3n) is 3.04. The van der Waals surface area contributed by atoms with E-state index >= 15 is 0 Å². The number of alkyl halides is 3. The van der Waals surface area contributed by atoms with Crippen molar-refractivity contribution < 1.29 is 18.0 Å². The summed E-state index contributed by atoms with van der Waals surface area (Å²) in [6.45, 7) is 0. The standard InChI is InChI=1S/C10H11F3O/c11-10(12,13)8-5-6-3-1-2-4-7(6)9(8)14/h8H,1-5H2. The maximum atomic E-state index is 12.4. The van der Waals surface area contributed by atoms with Crippen LogP contribution in [0.2, 0.25) is 0 Å². The van der Waals surface area contributed by atoms with Gasteiger partial charge in [0.2, 0.25) is 0 Å². The van der Waals surface area contributed by atoms with Crippen LogP contribution < -0.4 is 0 Å². The third-order valence-corrected chi connectivity index (χ3v) is 3.04. The second-order valence-electron chi connectivity index (χ2n) is 3.95. The zero-order valence-electron chi connectivity index (χ0n) is 7.66. The molecular formula is C10H11F3O. The third kappa shape index (κ3) is 1.47. The van der Waals surface area contributed by atoms with E-state index in [1.165, 1.54) is 0 Å². The summed E-state index contributed by atoms with van der Waals surface area (Å²) in [4.78, 5) is 11.4. The smallest absolute Gasteiger partial charge is 0.294 e. The van der Waals surface area contributed by atoms with Gasteiger partial charge in [0.15, 0.2) is 5.78 Å². The van der Waals surface area contributed by atoms with Crippen molar-refractivity contribution in [1.29, 1.82) is 0 Å². The summed E-state index contributed by atoms with van der Waals surface area (Å²) >= 11 is 0. The quantitative estimate of drug-likeness (QED) is 0.592. The molecule has 0 bridgehead atoms. The number of rotatable bonds is 0. The van der Waals surface area contributed by atoms with Gasteiger partial charge in [0.05, 0.1) is 0 Å². The highest BCUT2D eigenvalue weighted by Gasteiger charge is 2.49. The van der Waals surface area contributed by atoms with E-state index in [2.05, 4.69) is 0 Å². The van der Waals surface area contributed by atoms with Crippen molar-refractivity contribution in [3.8, 4) is 0 Å². The molecule has 0 saturated carbocycles. The predicted molar refractivity (Wildman–Crippen MR) is 44.7 cm³/mol. The minimum Gasteiger partial charge on any atom is -0.294 e. The van der Waals surface area contributed by atoms with Gasteiger partial charge in [-0.15, -0.1) is 0 Å². The number of allylic oxidation sites excluding steroid dienone is 2. The average molecular weight is 204 g/mol. The number of hydrogen-bond acceptors (Lipinski definition) is 1. The number of hydrogen-bond donors (Lipinski definition) is 0. The first-order valence-corrected chi connectivity index (χ1v) is 4.82. The molecule has 0 aromatic heterocycles.